The summed E-state index contributed by atoms with van der Waals surface area (Å²) < 4.78 is 6.41. The predicted molar refractivity (Wildman–Crippen MR) is 150 cm³/mol. The van der Waals surface area contributed by atoms with E-state index in [9.17, 15) is 19.5 Å². The number of carboxylic acid groups (broad SMARTS) is 1. The van der Waals surface area contributed by atoms with Crippen LogP contribution < -0.4 is 4.74 Å². The minimum atomic E-state index is -1.09. The quantitative estimate of drug-likeness (QED) is 0.426. The lowest BCUT2D eigenvalue weighted by Gasteiger charge is -2.41. The Morgan fingerprint density at radius 3 is 2.13 bits per heavy atom. The number of benzene rings is 2. The van der Waals surface area contributed by atoms with E-state index < -0.39 is 17.7 Å². The fourth-order valence-electron chi connectivity index (χ4n) is 5.30. The Balaban J connectivity index is 1.33. The summed E-state index contributed by atoms with van der Waals surface area (Å²) >= 11 is 0. The Bertz CT molecular complexity index is 1130. The summed E-state index contributed by atoms with van der Waals surface area (Å²) in [6.07, 6.45) is 1.52. The second-order valence-electron chi connectivity index (χ2n) is 11.6. The van der Waals surface area contributed by atoms with Crippen LogP contribution in [0.25, 0.3) is 0 Å². The third-order valence-electron chi connectivity index (χ3n) is 7.60. The Labute approximate surface area is 231 Å². The molecule has 2 aromatic carbocycles. The molecule has 1 saturated carbocycles. The van der Waals surface area contributed by atoms with Crippen molar-refractivity contribution in [3.05, 3.63) is 65.7 Å². The van der Waals surface area contributed by atoms with Crippen LogP contribution in [0.4, 0.5) is 4.79 Å². The highest BCUT2D eigenvalue weighted by molar-refractivity contribution is 5.99. The zero-order chi connectivity index (χ0) is 28.2. The lowest BCUT2D eigenvalue weighted by atomic mass is 10.0. The molecular weight excluding hydrogens is 494 g/mol. The molecule has 2 aliphatic rings. The molecule has 1 aliphatic carbocycles. The first-order valence-electron chi connectivity index (χ1n) is 13.9. The number of rotatable bonds is 10. The van der Waals surface area contributed by atoms with Gasteiger partial charge in [-0.2, -0.15) is 0 Å². The summed E-state index contributed by atoms with van der Waals surface area (Å²) in [5, 5.41) is 9.67. The van der Waals surface area contributed by atoms with Crippen molar-refractivity contribution in [3.63, 3.8) is 0 Å². The van der Waals surface area contributed by atoms with Gasteiger partial charge in [-0.25, -0.2) is 4.79 Å². The second-order valence-corrected chi connectivity index (χ2v) is 11.6. The summed E-state index contributed by atoms with van der Waals surface area (Å²) in [7, 11) is 0. The van der Waals surface area contributed by atoms with E-state index in [-0.39, 0.29) is 23.7 Å². The molecule has 210 valence electrons. The van der Waals surface area contributed by atoms with Crippen molar-refractivity contribution in [2.24, 2.45) is 5.92 Å². The molecule has 2 aromatic rings. The Morgan fingerprint density at radius 1 is 0.974 bits per heavy atom. The van der Waals surface area contributed by atoms with E-state index in [4.69, 9.17) is 4.74 Å². The maximum Gasteiger partial charge on any atom is 0.408 e. The van der Waals surface area contributed by atoms with E-state index in [0.717, 1.165) is 55.8 Å². The Hall–Kier alpha value is -3.39. The van der Waals surface area contributed by atoms with Crippen molar-refractivity contribution in [2.75, 3.05) is 32.7 Å². The maximum atomic E-state index is 13.1. The highest BCUT2D eigenvalue weighted by Crippen LogP contribution is 2.33. The number of piperazine rings is 1. The molecule has 1 N–H and O–H groups in total. The van der Waals surface area contributed by atoms with Gasteiger partial charge in [0.05, 0.1) is 0 Å². The normalized spacial score (nSPS) is 17.8. The zero-order valence-electron chi connectivity index (χ0n) is 23.5. The molecule has 39 heavy (non-hydrogen) atoms. The molecule has 1 heterocycles. The SMILES string of the molecule is C[C@H](C(=O)N1CCN(CC[C@H](Oc2ccc(C(=O)C3CC3)cc2)c2ccccc2)CC1)N(C(=O)O)C(C)(C)C. The first-order valence-corrected chi connectivity index (χ1v) is 13.9. The third-order valence-corrected chi connectivity index (χ3v) is 7.60. The minimum absolute atomic E-state index is 0.147. The van der Waals surface area contributed by atoms with Crippen LogP contribution in [-0.2, 0) is 4.79 Å². The van der Waals surface area contributed by atoms with Gasteiger partial charge in [0.15, 0.2) is 5.78 Å². The van der Waals surface area contributed by atoms with Crippen LogP contribution in [0.3, 0.4) is 0 Å². The molecule has 8 nitrogen and oxygen atoms in total. The number of Topliss-reactive ketones (excluding diaryl/α,β-unsaturated/α-hetero) is 1. The monoisotopic (exact) mass is 535 g/mol. The van der Waals surface area contributed by atoms with Gasteiger partial charge in [0.2, 0.25) is 5.91 Å². The highest BCUT2D eigenvalue weighted by atomic mass is 16.5. The number of hydrogen-bond donors (Lipinski definition) is 1. The average Bonchev–Trinajstić information content (AvgIpc) is 3.76. The standard InChI is InChI=1S/C31H41N3O5/c1-22(34(30(37)38)31(2,3)4)29(36)33-20-18-32(19-21-33)17-16-27(23-8-6-5-7-9-23)39-26-14-12-25(13-15-26)28(35)24-10-11-24/h5-9,12-15,22,24,27H,10-11,16-21H2,1-4H3,(H,37,38)/t22-,27+/m1/s1. The van der Waals surface area contributed by atoms with E-state index in [1.807, 2.05) is 42.5 Å². The number of ether oxygens (including phenoxy) is 1. The van der Waals surface area contributed by atoms with E-state index in [1.54, 1.807) is 32.6 Å². The van der Waals surface area contributed by atoms with E-state index in [1.165, 1.54) is 4.90 Å². The molecule has 0 unspecified atom stereocenters. The summed E-state index contributed by atoms with van der Waals surface area (Å²) in [5.41, 5.74) is 1.17. The zero-order valence-corrected chi connectivity index (χ0v) is 23.5. The molecule has 8 heteroatoms. The first-order chi connectivity index (χ1) is 18.5. The molecule has 0 radical (unpaired) electrons. The lowest BCUT2D eigenvalue weighted by Crippen LogP contribution is -2.59. The third kappa shape index (κ3) is 7.38. The van der Waals surface area contributed by atoms with Crippen LogP contribution in [0, 0.1) is 5.92 Å². The fraction of sp³-hybridized carbons (Fsp3) is 0.516. The highest BCUT2D eigenvalue weighted by Gasteiger charge is 2.37. The number of carbonyl (C=O) groups is 3. The van der Waals surface area contributed by atoms with Crippen LogP contribution in [-0.4, -0.2) is 81.9 Å². The van der Waals surface area contributed by atoms with Gasteiger partial charge < -0.3 is 14.7 Å². The van der Waals surface area contributed by atoms with Crippen molar-refractivity contribution in [3.8, 4) is 5.75 Å². The lowest BCUT2D eigenvalue weighted by molar-refractivity contribution is -0.139. The van der Waals surface area contributed by atoms with Gasteiger partial charge in [0, 0.05) is 56.2 Å². The summed E-state index contributed by atoms with van der Waals surface area (Å²) in [5.74, 6) is 1.01. The van der Waals surface area contributed by atoms with Gasteiger partial charge in [0.25, 0.3) is 0 Å². The van der Waals surface area contributed by atoms with Crippen molar-refractivity contribution >= 4 is 17.8 Å². The Morgan fingerprint density at radius 2 is 1.59 bits per heavy atom. The van der Waals surface area contributed by atoms with Crippen molar-refractivity contribution in [2.45, 2.75) is 64.6 Å². The van der Waals surface area contributed by atoms with E-state index in [2.05, 4.69) is 17.0 Å². The molecule has 1 aliphatic heterocycles. The number of nitrogens with zero attached hydrogens (tertiary/aromatic N) is 3. The first kappa shape index (κ1) is 28.6. The summed E-state index contributed by atoms with van der Waals surface area (Å²) in [6.45, 7) is 10.5. The number of amides is 2. The summed E-state index contributed by atoms with van der Waals surface area (Å²) in [6, 6.07) is 16.9. The van der Waals surface area contributed by atoms with Crippen molar-refractivity contribution in [1.82, 2.24) is 14.7 Å². The number of hydrogen-bond acceptors (Lipinski definition) is 5. The van der Waals surface area contributed by atoms with Crippen LogP contribution in [0.15, 0.2) is 54.6 Å². The Kier molecular flexibility index (Phi) is 8.95. The number of ketones is 1. The molecule has 4 rings (SSSR count). The largest absolute Gasteiger partial charge is 0.486 e. The van der Waals surface area contributed by atoms with Gasteiger partial charge in [-0.1, -0.05) is 30.3 Å². The maximum absolute atomic E-state index is 13.1. The summed E-state index contributed by atoms with van der Waals surface area (Å²) in [4.78, 5) is 42.6. The fourth-order valence-corrected chi connectivity index (χ4v) is 5.30. The van der Waals surface area contributed by atoms with Gasteiger partial charge >= 0.3 is 6.09 Å². The molecule has 2 atom stereocenters. The molecule has 2 amide bonds. The molecule has 2 fully saturated rings. The van der Waals surface area contributed by atoms with Gasteiger partial charge in [-0.05, 0) is 70.4 Å². The van der Waals surface area contributed by atoms with Crippen LogP contribution >= 0.6 is 0 Å². The molecule has 0 spiro atoms. The van der Waals surface area contributed by atoms with Crippen molar-refractivity contribution < 1.29 is 24.2 Å². The van der Waals surface area contributed by atoms with Gasteiger partial charge in [0.1, 0.15) is 17.9 Å². The molecular formula is C31H41N3O5. The molecule has 1 saturated heterocycles. The molecule has 0 aromatic heterocycles. The topological polar surface area (TPSA) is 90.4 Å². The van der Waals surface area contributed by atoms with Crippen molar-refractivity contribution in [1.29, 1.82) is 0 Å². The van der Waals surface area contributed by atoms with Crippen LogP contribution in [0.1, 0.15) is 69.0 Å². The molecule has 0 bridgehead atoms. The van der Waals surface area contributed by atoms with Gasteiger partial charge in [-0.3, -0.25) is 19.4 Å². The van der Waals surface area contributed by atoms with Crippen LogP contribution in [0.5, 0.6) is 5.75 Å². The average molecular weight is 536 g/mol. The van der Waals surface area contributed by atoms with E-state index >= 15 is 0 Å². The van der Waals surface area contributed by atoms with Crippen LogP contribution in [0.2, 0.25) is 0 Å². The smallest absolute Gasteiger partial charge is 0.408 e. The van der Waals surface area contributed by atoms with Gasteiger partial charge in [-0.15, -0.1) is 0 Å². The number of carbonyl (C=O) groups excluding carboxylic acids is 2. The predicted octanol–water partition coefficient (Wildman–Crippen LogP) is 5.10. The minimum Gasteiger partial charge on any atom is -0.486 e. The van der Waals surface area contributed by atoms with E-state index in [0.29, 0.717) is 13.1 Å². The second kappa shape index (κ2) is 12.2.